The highest BCUT2D eigenvalue weighted by Gasteiger charge is 2.21. The number of hydrogen-bond acceptors (Lipinski definition) is 4. The summed E-state index contributed by atoms with van der Waals surface area (Å²) in [5.41, 5.74) is 7.30. The third-order valence-electron chi connectivity index (χ3n) is 3.21. The van der Waals surface area contributed by atoms with Gasteiger partial charge in [0.15, 0.2) is 0 Å². The van der Waals surface area contributed by atoms with E-state index in [0.29, 0.717) is 13.2 Å². The second-order valence-corrected chi connectivity index (χ2v) is 4.49. The highest BCUT2D eigenvalue weighted by Crippen LogP contribution is 2.13. The van der Waals surface area contributed by atoms with E-state index in [1.165, 1.54) is 0 Å². The van der Waals surface area contributed by atoms with Crippen molar-refractivity contribution in [3.8, 4) is 0 Å². The van der Waals surface area contributed by atoms with Gasteiger partial charge in [-0.3, -0.25) is 10.3 Å². The van der Waals surface area contributed by atoms with Gasteiger partial charge in [-0.15, -0.1) is 0 Å². The summed E-state index contributed by atoms with van der Waals surface area (Å²) in [7, 11) is 0. The first-order valence-corrected chi connectivity index (χ1v) is 6.06. The molecule has 0 amide bonds. The van der Waals surface area contributed by atoms with Crippen molar-refractivity contribution in [1.82, 2.24) is 4.90 Å². The third kappa shape index (κ3) is 3.07. The van der Waals surface area contributed by atoms with Crippen molar-refractivity contribution in [3.63, 3.8) is 0 Å². The average molecular weight is 249 g/mol. The topological polar surface area (TPSA) is 82.6 Å². The van der Waals surface area contributed by atoms with Crippen LogP contribution in [0.1, 0.15) is 11.1 Å². The van der Waals surface area contributed by atoms with Crippen LogP contribution in [0, 0.1) is 5.41 Å². The smallest absolute Gasteiger partial charge is 0.122 e. The number of ether oxygens (including phenoxy) is 1. The lowest BCUT2D eigenvalue weighted by Gasteiger charge is -2.34. The van der Waals surface area contributed by atoms with Gasteiger partial charge in [0, 0.05) is 18.7 Å². The standard InChI is InChI=1S/C13H19N3O2/c14-13(15)11-3-1-10(2-4-11)7-16-5-6-18-9-12(16)8-17/h1-4,12,17H,5-9H2,(H3,14,15). The summed E-state index contributed by atoms with van der Waals surface area (Å²) in [4.78, 5) is 2.21. The van der Waals surface area contributed by atoms with Gasteiger partial charge >= 0.3 is 0 Å². The molecule has 1 aromatic rings. The Hall–Kier alpha value is -1.43. The first-order valence-electron chi connectivity index (χ1n) is 6.06. The van der Waals surface area contributed by atoms with Crippen molar-refractivity contribution in [2.45, 2.75) is 12.6 Å². The molecule has 1 heterocycles. The lowest BCUT2D eigenvalue weighted by molar-refractivity contribution is -0.0312. The number of aliphatic hydroxyl groups is 1. The maximum Gasteiger partial charge on any atom is 0.122 e. The van der Waals surface area contributed by atoms with Gasteiger partial charge in [0.1, 0.15) is 5.84 Å². The molecule has 0 aliphatic carbocycles. The molecule has 1 aromatic carbocycles. The monoisotopic (exact) mass is 249 g/mol. The van der Waals surface area contributed by atoms with Gasteiger partial charge < -0.3 is 15.6 Å². The summed E-state index contributed by atoms with van der Waals surface area (Å²) < 4.78 is 5.35. The molecule has 2 rings (SSSR count). The quantitative estimate of drug-likeness (QED) is 0.524. The third-order valence-corrected chi connectivity index (χ3v) is 3.21. The number of aliphatic hydroxyl groups excluding tert-OH is 1. The Labute approximate surface area is 107 Å². The highest BCUT2D eigenvalue weighted by atomic mass is 16.5. The van der Waals surface area contributed by atoms with Crippen LogP contribution in [0.4, 0.5) is 0 Å². The molecule has 1 saturated heterocycles. The molecule has 0 saturated carbocycles. The Morgan fingerprint density at radius 1 is 1.44 bits per heavy atom. The van der Waals surface area contributed by atoms with Gasteiger partial charge in [-0.25, -0.2) is 0 Å². The molecule has 1 fully saturated rings. The predicted molar refractivity (Wildman–Crippen MR) is 69.6 cm³/mol. The van der Waals surface area contributed by atoms with E-state index in [1.54, 1.807) is 0 Å². The summed E-state index contributed by atoms with van der Waals surface area (Å²) in [5, 5.41) is 16.6. The van der Waals surface area contributed by atoms with E-state index >= 15 is 0 Å². The fourth-order valence-electron chi connectivity index (χ4n) is 2.09. The zero-order valence-corrected chi connectivity index (χ0v) is 10.3. The van der Waals surface area contributed by atoms with E-state index in [2.05, 4.69) is 4.90 Å². The molecule has 5 heteroatoms. The molecule has 1 aliphatic rings. The Kier molecular flexibility index (Phi) is 4.30. The second kappa shape index (κ2) is 5.95. The molecule has 1 unspecified atom stereocenters. The summed E-state index contributed by atoms with van der Waals surface area (Å²) in [6.45, 7) is 3.03. The summed E-state index contributed by atoms with van der Waals surface area (Å²) >= 11 is 0. The molecule has 5 nitrogen and oxygen atoms in total. The maximum absolute atomic E-state index is 9.29. The van der Waals surface area contributed by atoms with Gasteiger partial charge in [-0.2, -0.15) is 0 Å². The molecule has 0 aromatic heterocycles. The number of rotatable bonds is 4. The van der Waals surface area contributed by atoms with Crippen molar-refractivity contribution in [2.24, 2.45) is 5.73 Å². The molecule has 1 atom stereocenters. The summed E-state index contributed by atoms with van der Waals surface area (Å²) in [6, 6.07) is 7.73. The van der Waals surface area contributed by atoms with E-state index in [4.69, 9.17) is 15.9 Å². The zero-order chi connectivity index (χ0) is 13.0. The fourth-order valence-corrected chi connectivity index (χ4v) is 2.09. The summed E-state index contributed by atoms with van der Waals surface area (Å²) in [6.07, 6.45) is 0. The molecule has 18 heavy (non-hydrogen) atoms. The first kappa shape index (κ1) is 13.0. The number of nitrogen functional groups attached to an aromatic ring is 1. The SMILES string of the molecule is N=C(N)c1ccc(CN2CCOCC2CO)cc1. The highest BCUT2D eigenvalue weighted by molar-refractivity contribution is 5.94. The maximum atomic E-state index is 9.29. The van der Waals surface area contributed by atoms with E-state index in [1.807, 2.05) is 24.3 Å². The van der Waals surface area contributed by atoms with Crippen molar-refractivity contribution >= 4 is 5.84 Å². The number of hydrogen-bond donors (Lipinski definition) is 3. The minimum Gasteiger partial charge on any atom is -0.395 e. The first-order chi connectivity index (χ1) is 8.70. The lowest BCUT2D eigenvalue weighted by atomic mass is 10.1. The van der Waals surface area contributed by atoms with Crippen LogP contribution >= 0.6 is 0 Å². The van der Waals surface area contributed by atoms with Crippen LogP contribution in [-0.2, 0) is 11.3 Å². The van der Waals surface area contributed by atoms with Gasteiger partial charge in [0.25, 0.3) is 0 Å². The number of amidine groups is 1. The van der Waals surface area contributed by atoms with Crippen LogP contribution in [0.5, 0.6) is 0 Å². The van der Waals surface area contributed by atoms with Crippen LogP contribution < -0.4 is 5.73 Å². The summed E-state index contributed by atoms with van der Waals surface area (Å²) in [5.74, 6) is 0.0844. The molecule has 4 N–H and O–H groups in total. The minimum absolute atomic E-state index is 0.0752. The average Bonchev–Trinajstić information content (AvgIpc) is 2.40. The molecule has 0 bridgehead atoms. The van der Waals surface area contributed by atoms with E-state index < -0.39 is 0 Å². The Morgan fingerprint density at radius 2 is 2.17 bits per heavy atom. The number of morpholine rings is 1. The van der Waals surface area contributed by atoms with Gasteiger partial charge in [-0.05, 0) is 5.56 Å². The Bertz CT molecular complexity index is 405. The van der Waals surface area contributed by atoms with Crippen LogP contribution in [0.3, 0.4) is 0 Å². The predicted octanol–water partition coefficient (Wildman–Crippen LogP) is 0.164. The van der Waals surface area contributed by atoms with Gasteiger partial charge in [-0.1, -0.05) is 24.3 Å². The molecule has 0 radical (unpaired) electrons. The minimum atomic E-state index is 0.0752. The van der Waals surface area contributed by atoms with Crippen LogP contribution in [-0.4, -0.2) is 48.2 Å². The molecular weight excluding hydrogens is 230 g/mol. The van der Waals surface area contributed by atoms with Crippen LogP contribution in [0.25, 0.3) is 0 Å². The van der Waals surface area contributed by atoms with Crippen LogP contribution in [0.2, 0.25) is 0 Å². The second-order valence-electron chi connectivity index (χ2n) is 4.49. The number of nitrogens with zero attached hydrogens (tertiary/aromatic N) is 1. The van der Waals surface area contributed by atoms with E-state index in [9.17, 15) is 5.11 Å². The number of nitrogens with two attached hydrogens (primary N) is 1. The van der Waals surface area contributed by atoms with Crippen molar-refractivity contribution in [3.05, 3.63) is 35.4 Å². The molecular formula is C13H19N3O2. The zero-order valence-electron chi connectivity index (χ0n) is 10.3. The molecule has 0 spiro atoms. The normalized spacial score (nSPS) is 20.8. The van der Waals surface area contributed by atoms with Crippen molar-refractivity contribution in [2.75, 3.05) is 26.4 Å². The van der Waals surface area contributed by atoms with Crippen molar-refractivity contribution < 1.29 is 9.84 Å². The lowest BCUT2D eigenvalue weighted by Crippen LogP contribution is -2.46. The van der Waals surface area contributed by atoms with Crippen molar-refractivity contribution in [1.29, 1.82) is 5.41 Å². The largest absolute Gasteiger partial charge is 0.395 e. The number of benzene rings is 1. The molecule has 98 valence electrons. The van der Waals surface area contributed by atoms with Crippen LogP contribution in [0.15, 0.2) is 24.3 Å². The Morgan fingerprint density at radius 3 is 2.78 bits per heavy atom. The fraction of sp³-hybridized carbons (Fsp3) is 0.462. The van der Waals surface area contributed by atoms with E-state index in [0.717, 1.165) is 24.2 Å². The molecule has 1 aliphatic heterocycles. The van der Waals surface area contributed by atoms with E-state index in [-0.39, 0.29) is 18.5 Å². The van der Waals surface area contributed by atoms with Gasteiger partial charge in [0.2, 0.25) is 0 Å². The number of nitrogens with one attached hydrogen (secondary N) is 1. The van der Waals surface area contributed by atoms with Gasteiger partial charge in [0.05, 0.1) is 25.9 Å². The Balaban J connectivity index is 2.01.